The zero-order valence-corrected chi connectivity index (χ0v) is 14.1. The fourth-order valence-corrected chi connectivity index (χ4v) is 1.65. The molecule has 0 radical (unpaired) electrons. The van der Waals surface area contributed by atoms with Crippen molar-refractivity contribution in [3.05, 3.63) is 0 Å². The third-order valence-electron chi connectivity index (χ3n) is 3.15. The number of amides is 1. The van der Waals surface area contributed by atoms with E-state index in [-0.39, 0.29) is 42.0 Å². The fourth-order valence-electron chi connectivity index (χ4n) is 1.65. The summed E-state index contributed by atoms with van der Waals surface area (Å²) in [5.74, 6) is -0.505. The van der Waals surface area contributed by atoms with Crippen molar-refractivity contribution in [2.75, 3.05) is 19.7 Å². The average molecular weight is 299 g/mol. The quantitative estimate of drug-likeness (QED) is 0.613. The molecule has 5 heteroatoms. The standard InChI is InChI=1S/C16H29NO4/c1-11(2)14(18)7-8-17(15(19)12(3)4)9-10-21-16(20)13(5)6/h11-13H,7-10H2,1-6H3. The SMILES string of the molecule is CC(C)C(=O)CCN(CCOC(=O)C(C)C)C(=O)C(C)C. The highest BCUT2D eigenvalue weighted by atomic mass is 16.5. The van der Waals surface area contributed by atoms with Crippen LogP contribution in [0.25, 0.3) is 0 Å². The lowest BCUT2D eigenvalue weighted by Gasteiger charge is -2.24. The second-order valence-corrected chi connectivity index (χ2v) is 6.17. The molecular weight excluding hydrogens is 270 g/mol. The van der Waals surface area contributed by atoms with Gasteiger partial charge in [-0.05, 0) is 0 Å². The molecule has 0 rings (SSSR count). The first kappa shape index (κ1) is 19.6. The van der Waals surface area contributed by atoms with Crippen LogP contribution in [0.5, 0.6) is 0 Å². The Kier molecular flexibility index (Phi) is 8.90. The highest BCUT2D eigenvalue weighted by Gasteiger charge is 2.19. The molecule has 0 aromatic carbocycles. The first-order chi connectivity index (χ1) is 9.66. The van der Waals surface area contributed by atoms with Gasteiger partial charge in [0.25, 0.3) is 0 Å². The van der Waals surface area contributed by atoms with Gasteiger partial charge in [-0.15, -0.1) is 0 Å². The minimum atomic E-state index is -0.273. The number of carbonyl (C=O) groups excluding carboxylic acids is 3. The number of rotatable bonds is 9. The van der Waals surface area contributed by atoms with Crippen LogP contribution in [0.15, 0.2) is 0 Å². The van der Waals surface area contributed by atoms with Gasteiger partial charge in [-0.1, -0.05) is 41.5 Å². The van der Waals surface area contributed by atoms with Crippen molar-refractivity contribution < 1.29 is 19.1 Å². The van der Waals surface area contributed by atoms with E-state index in [9.17, 15) is 14.4 Å². The zero-order valence-electron chi connectivity index (χ0n) is 14.1. The Morgan fingerprint density at radius 1 is 0.857 bits per heavy atom. The summed E-state index contributed by atoms with van der Waals surface area (Å²) < 4.78 is 5.10. The van der Waals surface area contributed by atoms with E-state index in [1.165, 1.54) is 0 Å². The van der Waals surface area contributed by atoms with Crippen LogP contribution in [0, 0.1) is 17.8 Å². The third kappa shape index (κ3) is 7.83. The Labute approximate surface area is 128 Å². The summed E-state index contributed by atoms with van der Waals surface area (Å²) in [6, 6.07) is 0. The molecule has 0 N–H and O–H groups in total. The maximum atomic E-state index is 12.1. The number of ether oxygens (including phenoxy) is 1. The molecule has 0 unspecified atom stereocenters. The average Bonchev–Trinajstić information content (AvgIpc) is 2.40. The summed E-state index contributed by atoms with van der Waals surface area (Å²) in [5.41, 5.74) is 0. The van der Waals surface area contributed by atoms with Crippen LogP contribution in [0.4, 0.5) is 0 Å². The van der Waals surface area contributed by atoms with Gasteiger partial charge in [0.15, 0.2) is 0 Å². The van der Waals surface area contributed by atoms with E-state index in [2.05, 4.69) is 0 Å². The van der Waals surface area contributed by atoms with Gasteiger partial charge in [-0.3, -0.25) is 14.4 Å². The van der Waals surface area contributed by atoms with E-state index in [1.54, 1.807) is 18.7 Å². The van der Waals surface area contributed by atoms with Gasteiger partial charge in [0, 0.05) is 24.8 Å². The highest BCUT2D eigenvalue weighted by Crippen LogP contribution is 2.06. The first-order valence-corrected chi connectivity index (χ1v) is 7.64. The molecule has 0 saturated heterocycles. The minimum absolute atomic E-state index is 0.0212. The number of hydrogen-bond acceptors (Lipinski definition) is 4. The molecule has 0 bridgehead atoms. The lowest BCUT2D eigenvalue weighted by Crippen LogP contribution is -2.39. The molecule has 0 saturated carbocycles. The molecule has 0 heterocycles. The van der Waals surface area contributed by atoms with Crippen molar-refractivity contribution in [2.45, 2.75) is 48.0 Å². The Balaban J connectivity index is 4.44. The molecule has 0 aliphatic heterocycles. The summed E-state index contributed by atoms with van der Waals surface area (Å²) >= 11 is 0. The van der Waals surface area contributed by atoms with Crippen LogP contribution in [0.3, 0.4) is 0 Å². The van der Waals surface area contributed by atoms with Crippen LogP contribution in [0.1, 0.15) is 48.0 Å². The van der Waals surface area contributed by atoms with Crippen LogP contribution >= 0.6 is 0 Å². The van der Waals surface area contributed by atoms with Gasteiger partial charge in [-0.2, -0.15) is 0 Å². The summed E-state index contributed by atoms with van der Waals surface area (Å²) in [5, 5.41) is 0. The summed E-state index contributed by atoms with van der Waals surface area (Å²) in [4.78, 5) is 36.8. The van der Waals surface area contributed by atoms with Gasteiger partial charge in [0.1, 0.15) is 12.4 Å². The van der Waals surface area contributed by atoms with Gasteiger partial charge < -0.3 is 9.64 Å². The molecule has 122 valence electrons. The molecule has 1 amide bonds. The minimum Gasteiger partial charge on any atom is -0.464 e. The van der Waals surface area contributed by atoms with E-state index in [1.807, 2.05) is 27.7 Å². The Morgan fingerprint density at radius 3 is 1.86 bits per heavy atom. The molecule has 21 heavy (non-hydrogen) atoms. The Bertz CT molecular complexity index is 361. The van der Waals surface area contributed by atoms with Gasteiger partial charge in [0.05, 0.1) is 12.5 Å². The van der Waals surface area contributed by atoms with E-state index >= 15 is 0 Å². The number of ketones is 1. The smallest absolute Gasteiger partial charge is 0.308 e. The van der Waals surface area contributed by atoms with Crippen molar-refractivity contribution in [3.63, 3.8) is 0 Å². The summed E-state index contributed by atoms with van der Waals surface area (Å²) in [6.07, 6.45) is 0.342. The second-order valence-electron chi connectivity index (χ2n) is 6.17. The lowest BCUT2D eigenvalue weighted by atomic mass is 10.1. The number of nitrogens with zero attached hydrogens (tertiary/aromatic N) is 1. The van der Waals surface area contributed by atoms with Crippen LogP contribution in [-0.4, -0.2) is 42.3 Å². The molecule has 0 atom stereocenters. The van der Waals surface area contributed by atoms with Crippen molar-refractivity contribution in [1.82, 2.24) is 4.90 Å². The van der Waals surface area contributed by atoms with E-state index in [0.717, 1.165) is 0 Å². The lowest BCUT2D eigenvalue weighted by molar-refractivity contribution is -0.149. The molecule has 0 spiro atoms. The molecule has 0 aromatic heterocycles. The number of carbonyl (C=O) groups is 3. The number of esters is 1. The van der Waals surface area contributed by atoms with Crippen LogP contribution in [-0.2, 0) is 19.1 Å². The van der Waals surface area contributed by atoms with E-state index < -0.39 is 0 Å². The monoisotopic (exact) mass is 299 g/mol. The van der Waals surface area contributed by atoms with Gasteiger partial charge in [-0.25, -0.2) is 0 Å². The fraction of sp³-hybridized carbons (Fsp3) is 0.812. The molecule has 0 aliphatic carbocycles. The predicted octanol–water partition coefficient (Wildman–Crippen LogP) is 2.29. The number of Topliss-reactive ketones (excluding diaryl/α,β-unsaturated/α-hetero) is 1. The maximum Gasteiger partial charge on any atom is 0.308 e. The van der Waals surface area contributed by atoms with Crippen molar-refractivity contribution >= 4 is 17.7 Å². The second kappa shape index (κ2) is 9.53. The molecular formula is C16H29NO4. The Morgan fingerprint density at radius 2 is 1.43 bits per heavy atom. The highest BCUT2D eigenvalue weighted by molar-refractivity contribution is 5.82. The zero-order chi connectivity index (χ0) is 16.6. The van der Waals surface area contributed by atoms with Crippen molar-refractivity contribution in [2.24, 2.45) is 17.8 Å². The molecule has 0 fully saturated rings. The summed E-state index contributed by atoms with van der Waals surface area (Å²) in [7, 11) is 0. The van der Waals surface area contributed by atoms with E-state index in [0.29, 0.717) is 19.5 Å². The topological polar surface area (TPSA) is 63.7 Å². The molecule has 5 nitrogen and oxygen atoms in total. The summed E-state index contributed by atoms with van der Waals surface area (Å²) in [6.45, 7) is 11.8. The normalized spacial score (nSPS) is 11.1. The maximum absolute atomic E-state index is 12.1. The van der Waals surface area contributed by atoms with Crippen LogP contribution in [0.2, 0.25) is 0 Å². The third-order valence-corrected chi connectivity index (χ3v) is 3.15. The molecule has 0 aromatic rings. The molecule has 0 aliphatic rings. The van der Waals surface area contributed by atoms with Crippen molar-refractivity contribution in [1.29, 1.82) is 0 Å². The van der Waals surface area contributed by atoms with E-state index in [4.69, 9.17) is 4.74 Å². The van der Waals surface area contributed by atoms with Gasteiger partial charge in [0.2, 0.25) is 5.91 Å². The number of hydrogen-bond donors (Lipinski definition) is 0. The van der Waals surface area contributed by atoms with Gasteiger partial charge >= 0.3 is 5.97 Å². The van der Waals surface area contributed by atoms with Crippen molar-refractivity contribution in [3.8, 4) is 0 Å². The first-order valence-electron chi connectivity index (χ1n) is 7.64. The largest absolute Gasteiger partial charge is 0.464 e. The van der Waals surface area contributed by atoms with Crippen LogP contribution < -0.4 is 0 Å². The Hall–Kier alpha value is -1.39. The predicted molar refractivity (Wildman–Crippen MR) is 81.7 cm³/mol.